The van der Waals surface area contributed by atoms with Crippen molar-refractivity contribution in [2.24, 2.45) is 5.73 Å². The van der Waals surface area contributed by atoms with E-state index < -0.39 is 0 Å². The van der Waals surface area contributed by atoms with Crippen molar-refractivity contribution in [3.8, 4) is 0 Å². The van der Waals surface area contributed by atoms with Gasteiger partial charge < -0.3 is 5.73 Å². The molecule has 0 aliphatic rings. The molecular weight excluding hydrogens is 327 g/mol. The Balaban J connectivity index is 2.31. The molecule has 2 aromatic rings. The number of benzene rings is 1. The normalized spacial score (nSPS) is 13.6. The summed E-state index contributed by atoms with van der Waals surface area (Å²) in [6.45, 7) is 6.35. The van der Waals surface area contributed by atoms with E-state index >= 15 is 0 Å². The molecule has 0 amide bonds. The molecule has 0 saturated heterocycles. The van der Waals surface area contributed by atoms with E-state index in [9.17, 15) is 4.39 Å². The van der Waals surface area contributed by atoms with Gasteiger partial charge in [0.15, 0.2) is 0 Å². The van der Waals surface area contributed by atoms with Crippen LogP contribution < -0.4 is 5.73 Å². The molecule has 0 spiro atoms. The average molecular weight is 343 g/mol. The lowest BCUT2D eigenvalue weighted by atomic mass is 9.93. The van der Waals surface area contributed by atoms with Crippen LogP contribution >= 0.6 is 27.3 Å². The Labute approximate surface area is 125 Å². The number of aromatic nitrogens is 1. The third kappa shape index (κ3) is 3.22. The zero-order valence-corrected chi connectivity index (χ0v) is 13.5. The van der Waals surface area contributed by atoms with E-state index in [1.807, 2.05) is 5.38 Å². The molecular formula is C14H16BrFN2S. The van der Waals surface area contributed by atoms with Crippen LogP contribution in [0.4, 0.5) is 4.39 Å². The van der Waals surface area contributed by atoms with Crippen molar-refractivity contribution in [1.82, 2.24) is 4.98 Å². The monoisotopic (exact) mass is 342 g/mol. The molecule has 2 nitrogen and oxygen atoms in total. The Hall–Kier alpha value is -0.780. The Morgan fingerprint density at radius 3 is 2.58 bits per heavy atom. The molecule has 0 aliphatic carbocycles. The Kier molecular flexibility index (Phi) is 4.08. The SMILES string of the molecule is CC(C)(C)c1csc(C(N)c2ccc(F)c(Br)c2)n1. The molecule has 0 saturated carbocycles. The zero-order valence-electron chi connectivity index (χ0n) is 11.1. The second kappa shape index (κ2) is 5.31. The van der Waals surface area contributed by atoms with Crippen LogP contribution in [0.5, 0.6) is 0 Å². The zero-order chi connectivity index (χ0) is 14.2. The predicted octanol–water partition coefficient (Wildman–Crippen LogP) is 4.39. The molecule has 0 fully saturated rings. The molecule has 2 rings (SSSR count). The van der Waals surface area contributed by atoms with Gasteiger partial charge in [0.1, 0.15) is 10.8 Å². The number of hydrogen-bond donors (Lipinski definition) is 1. The maximum Gasteiger partial charge on any atom is 0.137 e. The third-order valence-corrected chi connectivity index (χ3v) is 4.39. The van der Waals surface area contributed by atoms with Gasteiger partial charge in [0, 0.05) is 10.8 Å². The van der Waals surface area contributed by atoms with Gasteiger partial charge in [-0.25, -0.2) is 9.37 Å². The van der Waals surface area contributed by atoms with E-state index in [1.54, 1.807) is 23.5 Å². The van der Waals surface area contributed by atoms with Gasteiger partial charge >= 0.3 is 0 Å². The summed E-state index contributed by atoms with van der Waals surface area (Å²) >= 11 is 4.72. The highest BCUT2D eigenvalue weighted by Crippen LogP contribution is 2.30. The molecule has 2 N–H and O–H groups in total. The molecule has 1 unspecified atom stereocenters. The van der Waals surface area contributed by atoms with Gasteiger partial charge in [0.25, 0.3) is 0 Å². The van der Waals surface area contributed by atoms with Crippen LogP contribution in [0.25, 0.3) is 0 Å². The largest absolute Gasteiger partial charge is 0.318 e. The van der Waals surface area contributed by atoms with Crippen molar-refractivity contribution in [1.29, 1.82) is 0 Å². The molecule has 0 bridgehead atoms. The minimum Gasteiger partial charge on any atom is -0.318 e. The Morgan fingerprint density at radius 1 is 1.37 bits per heavy atom. The summed E-state index contributed by atoms with van der Waals surface area (Å²) < 4.78 is 13.6. The lowest BCUT2D eigenvalue weighted by Crippen LogP contribution is -2.15. The highest BCUT2D eigenvalue weighted by Gasteiger charge is 2.20. The Morgan fingerprint density at radius 2 is 2.05 bits per heavy atom. The highest BCUT2D eigenvalue weighted by molar-refractivity contribution is 9.10. The molecule has 102 valence electrons. The summed E-state index contributed by atoms with van der Waals surface area (Å²) in [7, 11) is 0. The minimum atomic E-state index is -0.321. The van der Waals surface area contributed by atoms with E-state index in [0.717, 1.165) is 16.3 Å². The van der Waals surface area contributed by atoms with E-state index in [4.69, 9.17) is 5.73 Å². The summed E-state index contributed by atoms with van der Waals surface area (Å²) in [6, 6.07) is 4.50. The maximum atomic E-state index is 13.2. The molecule has 0 radical (unpaired) electrons. The van der Waals surface area contributed by atoms with Crippen LogP contribution in [0, 0.1) is 5.82 Å². The second-order valence-electron chi connectivity index (χ2n) is 5.47. The molecule has 19 heavy (non-hydrogen) atoms. The van der Waals surface area contributed by atoms with Gasteiger partial charge in [-0.1, -0.05) is 26.8 Å². The van der Waals surface area contributed by atoms with Crippen molar-refractivity contribution < 1.29 is 4.39 Å². The van der Waals surface area contributed by atoms with Gasteiger partial charge in [0.05, 0.1) is 16.2 Å². The number of halogens is 2. The highest BCUT2D eigenvalue weighted by atomic mass is 79.9. The first kappa shape index (κ1) is 14.6. The fourth-order valence-electron chi connectivity index (χ4n) is 1.62. The van der Waals surface area contributed by atoms with Crippen LogP contribution in [-0.2, 0) is 5.41 Å². The number of nitrogens with two attached hydrogens (primary N) is 1. The van der Waals surface area contributed by atoms with Gasteiger partial charge in [0.2, 0.25) is 0 Å². The lowest BCUT2D eigenvalue weighted by Gasteiger charge is -2.15. The van der Waals surface area contributed by atoms with Gasteiger partial charge in [-0.3, -0.25) is 0 Å². The summed E-state index contributed by atoms with van der Waals surface area (Å²) in [5.41, 5.74) is 8.09. The van der Waals surface area contributed by atoms with Gasteiger partial charge in [-0.05, 0) is 33.6 Å². The summed E-state index contributed by atoms with van der Waals surface area (Å²) in [5, 5.41) is 2.89. The van der Waals surface area contributed by atoms with Gasteiger partial charge in [-0.2, -0.15) is 0 Å². The van der Waals surface area contributed by atoms with Crippen LogP contribution in [0.3, 0.4) is 0 Å². The van der Waals surface area contributed by atoms with E-state index in [1.165, 1.54) is 6.07 Å². The average Bonchev–Trinajstić information content (AvgIpc) is 2.81. The van der Waals surface area contributed by atoms with Gasteiger partial charge in [-0.15, -0.1) is 11.3 Å². The lowest BCUT2D eigenvalue weighted by molar-refractivity contribution is 0.569. The first-order valence-corrected chi connectivity index (χ1v) is 7.63. The number of thiazole rings is 1. The quantitative estimate of drug-likeness (QED) is 0.878. The first-order valence-electron chi connectivity index (χ1n) is 5.95. The van der Waals surface area contributed by atoms with Crippen LogP contribution in [0.15, 0.2) is 28.1 Å². The predicted molar refractivity (Wildman–Crippen MR) is 80.9 cm³/mol. The fourth-order valence-corrected chi connectivity index (χ4v) is 3.09. The summed E-state index contributed by atoms with van der Waals surface area (Å²) in [5.74, 6) is -0.287. The topological polar surface area (TPSA) is 38.9 Å². The minimum absolute atomic E-state index is 0.0118. The number of hydrogen-bond acceptors (Lipinski definition) is 3. The van der Waals surface area contributed by atoms with Crippen molar-refractivity contribution in [3.63, 3.8) is 0 Å². The summed E-state index contributed by atoms with van der Waals surface area (Å²) in [6.07, 6.45) is 0. The smallest absolute Gasteiger partial charge is 0.137 e. The number of nitrogens with zero attached hydrogens (tertiary/aromatic N) is 1. The molecule has 1 heterocycles. The van der Waals surface area contributed by atoms with Crippen molar-refractivity contribution in [2.75, 3.05) is 0 Å². The molecule has 1 aromatic heterocycles. The first-order chi connectivity index (χ1) is 8.79. The molecule has 1 aromatic carbocycles. The second-order valence-corrected chi connectivity index (χ2v) is 7.22. The van der Waals surface area contributed by atoms with E-state index in [2.05, 4.69) is 41.7 Å². The third-order valence-electron chi connectivity index (χ3n) is 2.86. The van der Waals surface area contributed by atoms with Crippen molar-refractivity contribution in [3.05, 3.63) is 50.1 Å². The Bertz CT molecular complexity index is 589. The van der Waals surface area contributed by atoms with Crippen molar-refractivity contribution in [2.45, 2.75) is 32.2 Å². The fraction of sp³-hybridized carbons (Fsp3) is 0.357. The number of rotatable bonds is 2. The van der Waals surface area contributed by atoms with Crippen molar-refractivity contribution >= 4 is 27.3 Å². The van der Waals surface area contributed by atoms with E-state index in [-0.39, 0.29) is 17.3 Å². The van der Waals surface area contributed by atoms with E-state index in [0.29, 0.717) is 4.47 Å². The van der Waals surface area contributed by atoms with Crippen LogP contribution in [0.1, 0.15) is 43.1 Å². The van der Waals surface area contributed by atoms with Crippen LogP contribution in [0.2, 0.25) is 0 Å². The summed E-state index contributed by atoms with van der Waals surface area (Å²) in [4.78, 5) is 4.59. The molecule has 5 heteroatoms. The molecule has 0 aliphatic heterocycles. The maximum absolute atomic E-state index is 13.2. The molecule has 1 atom stereocenters. The van der Waals surface area contributed by atoms with Crippen LogP contribution in [-0.4, -0.2) is 4.98 Å². The standard InChI is InChI=1S/C14H16BrFN2S/c1-14(2,3)11-7-19-13(18-11)12(17)8-4-5-10(16)9(15)6-8/h4-7,12H,17H2,1-3H3.